The first-order valence-corrected chi connectivity index (χ1v) is 4.55. The lowest BCUT2D eigenvalue weighted by molar-refractivity contribution is 0.0791. The van der Waals surface area contributed by atoms with Crippen LogP contribution in [0.2, 0.25) is 0 Å². The van der Waals surface area contributed by atoms with Crippen molar-refractivity contribution in [3.05, 3.63) is 35.9 Å². The average Bonchev–Trinajstić information content (AvgIpc) is 2.15. The van der Waals surface area contributed by atoms with Crippen molar-refractivity contribution in [2.24, 2.45) is 0 Å². The van der Waals surface area contributed by atoms with E-state index in [1.54, 1.807) is 0 Å². The molecule has 1 aromatic rings. The molecule has 0 saturated carbocycles. The monoisotopic (exact) mass is 163 g/mol. The van der Waals surface area contributed by atoms with Gasteiger partial charge in [-0.25, -0.2) is 5.11 Å². The molecule has 0 saturated heterocycles. The van der Waals surface area contributed by atoms with Crippen molar-refractivity contribution in [3.8, 4) is 0 Å². The molecule has 65 valence electrons. The Labute approximate surface area is 74.1 Å². The highest BCUT2D eigenvalue weighted by atomic mass is 16.3. The van der Waals surface area contributed by atoms with Gasteiger partial charge in [0.2, 0.25) is 0 Å². The quantitative estimate of drug-likeness (QED) is 0.648. The first-order chi connectivity index (χ1) is 5.84. The Morgan fingerprint density at radius 2 is 1.92 bits per heavy atom. The van der Waals surface area contributed by atoms with Crippen LogP contribution in [-0.2, 0) is 5.11 Å². The van der Waals surface area contributed by atoms with Gasteiger partial charge in [-0.2, -0.15) is 0 Å². The highest BCUT2D eigenvalue weighted by Gasteiger charge is 2.06. The van der Waals surface area contributed by atoms with Crippen molar-refractivity contribution in [2.75, 3.05) is 0 Å². The fourth-order valence-corrected chi connectivity index (χ4v) is 1.22. The third-order valence-corrected chi connectivity index (χ3v) is 1.99. The zero-order chi connectivity index (χ0) is 8.81. The van der Waals surface area contributed by atoms with E-state index in [4.69, 9.17) is 0 Å². The van der Waals surface area contributed by atoms with E-state index in [1.165, 1.54) is 0 Å². The van der Waals surface area contributed by atoms with Crippen molar-refractivity contribution in [3.63, 3.8) is 0 Å². The summed E-state index contributed by atoms with van der Waals surface area (Å²) in [6, 6.07) is 9.61. The van der Waals surface area contributed by atoms with E-state index >= 15 is 0 Å². The summed E-state index contributed by atoms with van der Waals surface area (Å²) in [6.45, 7) is 2.11. The second-order valence-corrected chi connectivity index (χ2v) is 3.04. The molecule has 1 atom stereocenters. The summed E-state index contributed by atoms with van der Waals surface area (Å²) in [7, 11) is 0. The molecule has 1 nitrogen and oxygen atoms in total. The molecule has 0 aliphatic heterocycles. The molecule has 12 heavy (non-hydrogen) atoms. The standard InChI is InChI=1S/C11H15O/c1-2-3-9-11(12)10-7-5-4-6-8-10/h4-8,11H,2-3,9H2,1H3. The lowest BCUT2D eigenvalue weighted by Gasteiger charge is -2.06. The van der Waals surface area contributed by atoms with Crippen molar-refractivity contribution in [2.45, 2.75) is 32.3 Å². The lowest BCUT2D eigenvalue weighted by Crippen LogP contribution is -1.94. The minimum atomic E-state index is -0.522. The Kier molecular flexibility index (Phi) is 3.81. The molecule has 1 rings (SSSR count). The largest absolute Gasteiger partial charge is 0.228 e. The Hall–Kier alpha value is -0.820. The van der Waals surface area contributed by atoms with E-state index in [9.17, 15) is 5.11 Å². The Bertz CT molecular complexity index is 206. The second-order valence-electron chi connectivity index (χ2n) is 3.04. The maximum atomic E-state index is 11.5. The summed E-state index contributed by atoms with van der Waals surface area (Å²) in [6.07, 6.45) is 2.38. The summed E-state index contributed by atoms with van der Waals surface area (Å²) in [4.78, 5) is 0. The molecule has 0 aliphatic carbocycles. The van der Waals surface area contributed by atoms with E-state index in [-0.39, 0.29) is 0 Å². The summed E-state index contributed by atoms with van der Waals surface area (Å²) >= 11 is 0. The fourth-order valence-electron chi connectivity index (χ4n) is 1.22. The maximum Gasteiger partial charge on any atom is 0.118 e. The van der Waals surface area contributed by atoms with Crippen LogP contribution >= 0.6 is 0 Å². The third kappa shape index (κ3) is 2.67. The van der Waals surface area contributed by atoms with Gasteiger partial charge in [0.15, 0.2) is 0 Å². The molecule has 0 aliphatic rings. The van der Waals surface area contributed by atoms with Gasteiger partial charge in [0, 0.05) is 0 Å². The molecule has 0 N–H and O–H groups in total. The van der Waals surface area contributed by atoms with Gasteiger partial charge < -0.3 is 0 Å². The molecule has 0 fully saturated rings. The van der Waals surface area contributed by atoms with E-state index in [0.717, 1.165) is 24.8 Å². The van der Waals surface area contributed by atoms with Gasteiger partial charge in [0.1, 0.15) is 6.10 Å². The van der Waals surface area contributed by atoms with Gasteiger partial charge in [0.25, 0.3) is 0 Å². The van der Waals surface area contributed by atoms with Crippen LogP contribution in [0.1, 0.15) is 37.9 Å². The van der Waals surface area contributed by atoms with E-state index in [2.05, 4.69) is 6.92 Å². The smallest absolute Gasteiger partial charge is 0.118 e. The van der Waals surface area contributed by atoms with Crippen LogP contribution in [0.4, 0.5) is 0 Å². The molecule has 1 aromatic carbocycles. The maximum absolute atomic E-state index is 11.5. The number of unbranched alkanes of at least 4 members (excludes halogenated alkanes) is 1. The first-order valence-electron chi connectivity index (χ1n) is 4.55. The molecule has 0 heterocycles. The zero-order valence-corrected chi connectivity index (χ0v) is 7.49. The normalized spacial score (nSPS) is 12.8. The van der Waals surface area contributed by atoms with Gasteiger partial charge in [-0.3, -0.25) is 0 Å². The molecule has 1 unspecified atom stereocenters. The van der Waals surface area contributed by atoms with Gasteiger partial charge in [-0.15, -0.1) is 0 Å². The summed E-state index contributed by atoms with van der Waals surface area (Å²) in [5.74, 6) is 0. The lowest BCUT2D eigenvalue weighted by atomic mass is 10.0. The minimum absolute atomic E-state index is 0.522. The van der Waals surface area contributed by atoms with Gasteiger partial charge in [-0.05, 0) is 12.0 Å². The number of benzene rings is 1. The SMILES string of the molecule is CCCCC([O])c1ccccc1. The molecule has 0 bridgehead atoms. The van der Waals surface area contributed by atoms with Crippen molar-refractivity contribution >= 4 is 0 Å². The van der Waals surface area contributed by atoms with Gasteiger partial charge in [0.05, 0.1) is 0 Å². The fraction of sp³-hybridized carbons (Fsp3) is 0.455. The molecule has 0 spiro atoms. The minimum Gasteiger partial charge on any atom is -0.228 e. The predicted octanol–water partition coefficient (Wildman–Crippen LogP) is 3.35. The Morgan fingerprint density at radius 1 is 1.25 bits per heavy atom. The Balaban J connectivity index is 2.48. The third-order valence-electron chi connectivity index (χ3n) is 1.99. The average molecular weight is 163 g/mol. The van der Waals surface area contributed by atoms with E-state index in [1.807, 2.05) is 30.3 Å². The zero-order valence-electron chi connectivity index (χ0n) is 7.49. The Morgan fingerprint density at radius 3 is 2.50 bits per heavy atom. The van der Waals surface area contributed by atoms with Crippen LogP contribution in [0.15, 0.2) is 30.3 Å². The second kappa shape index (κ2) is 4.94. The van der Waals surface area contributed by atoms with Crippen LogP contribution < -0.4 is 0 Å². The van der Waals surface area contributed by atoms with Crippen molar-refractivity contribution in [1.29, 1.82) is 0 Å². The number of hydrogen-bond acceptors (Lipinski definition) is 0. The van der Waals surface area contributed by atoms with E-state index in [0.29, 0.717) is 0 Å². The number of rotatable bonds is 4. The highest BCUT2D eigenvalue weighted by molar-refractivity contribution is 5.16. The van der Waals surface area contributed by atoms with Crippen LogP contribution in [0.5, 0.6) is 0 Å². The van der Waals surface area contributed by atoms with Crippen LogP contribution in [0, 0.1) is 0 Å². The topological polar surface area (TPSA) is 19.9 Å². The van der Waals surface area contributed by atoms with Crippen LogP contribution in [0.3, 0.4) is 0 Å². The first kappa shape index (κ1) is 9.27. The summed E-state index contributed by atoms with van der Waals surface area (Å²) in [5.41, 5.74) is 0.922. The highest BCUT2D eigenvalue weighted by Crippen LogP contribution is 2.18. The summed E-state index contributed by atoms with van der Waals surface area (Å²) < 4.78 is 0. The molecule has 0 aromatic heterocycles. The number of hydrogen-bond donors (Lipinski definition) is 0. The molecule has 1 heteroatoms. The molecule has 1 radical (unpaired) electrons. The molecular formula is C11H15O. The summed E-state index contributed by atoms with van der Waals surface area (Å²) in [5, 5.41) is 11.5. The van der Waals surface area contributed by atoms with E-state index < -0.39 is 6.10 Å². The van der Waals surface area contributed by atoms with Crippen LogP contribution in [0.25, 0.3) is 0 Å². The van der Waals surface area contributed by atoms with Crippen molar-refractivity contribution in [1.82, 2.24) is 0 Å². The molecule has 0 amide bonds. The van der Waals surface area contributed by atoms with Crippen LogP contribution in [-0.4, -0.2) is 0 Å². The van der Waals surface area contributed by atoms with Gasteiger partial charge in [-0.1, -0.05) is 50.1 Å². The predicted molar refractivity (Wildman–Crippen MR) is 49.4 cm³/mol. The van der Waals surface area contributed by atoms with Crippen molar-refractivity contribution < 1.29 is 5.11 Å². The van der Waals surface area contributed by atoms with Gasteiger partial charge >= 0.3 is 0 Å². The molecular weight excluding hydrogens is 148 g/mol.